The molecule has 1 aromatic rings. The molecule has 1 aliphatic heterocycles. The number of nitrogens with two attached hydrogens (primary N) is 1. The Hall–Kier alpha value is -1.26. The van der Waals surface area contributed by atoms with Gasteiger partial charge in [0.05, 0.1) is 6.61 Å². The maximum atomic E-state index is 5.95. The first-order valence-electron chi connectivity index (χ1n) is 7.60. The third-order valence-electron chi connectivity index (χ3n) is 3.63. The number of nitrogens with zero attached hydrogens (tertiary/aromatic N) is 1. The predicted molar refractivity (Wildman–Crippen MR) is 82.5 cm³/mol. The van der Waals surface area contributed by atoms with Crippen LogP contribution in [0.3, 0.4) is 0 Å². The second kappa shape index (κ2) is 8.12. The minimum absolute atomic E-state index is 0.365. The Bertz CT molecular complexity index is 390. The lowest BCUT2D eigenvalue weighted by molar-refractivity contribution is 0.131. The Morgan fingerprint density at radius 3 is 2.80 bits per heavy atom. The van der Waals surface area contributed by atoms with Crippen LogP contribution in [0.5, 0.6) is 5.75 Å². The van der Waals surface area contributed by atoms with Crippen LogP contribution in [0, 0.1) is 0 Å². The molecule has 0 aromatic heterocycles. The van der Waals surface area contributed by atoms with Crippen molar-refractivity contribution in [3.8, 4) is 5.75 Å². The molecular formula is C16H26N2O2. The van der Waals surface area contributed by atoms with E-state index in [0.717, 1.165) is 51.3 Å². The van der Waals surface area contributed by atoms with Crippen LogP contribution in [0.1, 0.15) is 26.2 Å². The van der Waals surface area contributed by atoms with Gasteiger partial charge >= 0.3 is 0 Å². The van der Waals surface area contributed by atoms with E-state index >= 15 is 0 Å². The maximum absolute atomic E-state index is 5.95. The average molecular weight is 278 g/mol. The Labute approximate surface area is 121 Å². The van der Waals surface area contributed by atoms with Crippen molar-refractivity contribution >= 4 is 5.69 Å². The standard InChI is InChI=1S/C16H26N2O2/c1-2-19-11-4-12-20-16-6-3-5-15(13-16)18-9-7-14(17)8-10-18/h3,5-6,13-14H,2,4,7-12,17H2,1H3. The molecule has 2 rings (SSSR count). The first-order chi connectivity index (χ1) is 9.79. The van der Waals surface area contributed by atoms with Gasteiger partial charge in [0, 0.05) is 50.5 Å². The lowest BCUT2D eigenvalue weighted by atomic mass is 10.1. The van der Waals surface area contributed by atoms with Gasteiger partial charge in [-0.05, 0) is 31.9 Å². The monoisotopic (exact) mass is 278 g/mol. The van der Waals surface area contributed by atoms with Crippen molar-refractivity contribution in [1.82, 2.24) is 0 Å². The third-order valence-corrected chi connectivity index (χ3v) is 3.63. The van der Waals surface area contributed by atoms with Crippen LogP contribution in [-0.2, 0) is 4.74 Å². The number of anilines is 1. The van der Waals surface area contributed by atoms with Crippen molar-refractivity contribution in [2.75, 3.05) is 37.8 Å². The molecule has 2 N–H and O–H groups in total. The maximum Gasteiger partial charge on any atom is 0.121 e. The first kappa shape index (κ1) is 15.1. The molecular weight excluding hydrogens is 252 g/mol. The van der Waals surface area contributed by atoms with Gasteiger partial charge in [-0.15, -0.1) is 0 Å². The van der Waals surface area contributed by atoms with Gasteiger partial charge in [-0.25, -0.2) is 0 Å². The van der Waals surface area contributed by atoms with Gasteiger partial charge in [0.1, 0.15) is 5.75 Å². The van der Waals surface area contributed by atoms with Crippen LogP contribution in [0.4, 0.5) is 5.69 Å². The van der Waals surface area contributed by atoms with Crippen LogP contribution in [0.25, 0.3) is 0 Å². The number of benzene rings is 1. The predicted octanol–water partition coefficient (Wildman–Crippen LogP) is 2.42. The zero-order valence-electron chi connectivity index (χ0n) is 12.4. The number of piperidine rings is 1. The van der Waals surface area contributed by atoms with Crippen LogP contribution in [0.15, 0.2) is 24.3 Å². The van der Waals surface area contributed by atoms with E-state index in [-0.39, 0.29) is 0 Å². The molecule has 1 fully saturated rings. The van der Waals surface area contributed by atoms with E-state index in [1.807, 2.05) is 13.0 Å². The van der Waals surface area contributed by atoms with Crippen LogP contribution >= 0.6 is 0 Å². The Balaban J connectivity index is 1.81. The largest absolute Gasteiger partial charge is 0.493 e. The molecule has 0 radical (unpaired) electrons. The second-order valence-electron chi connectivity index (χ2n) is 5.22. The normalized spacial score (nSPS) is 16.4. The number of ether oxygens (including phenoxy) is 2. The first-order valence-corrected chi connectivity index (χ1v) is 7.60. The minimum Gasteiger partial charge on any atom is -0.493 e. The second-order valence-corrected chi connectivity index (χ2v) is 5.22. The zero-order valence-corrected chi connectivity index (χ0v) is 12.4. The zero-order chi connectivity index (χ0) is 14.2. The van der Waals surface area contributed by atoms with Crippen molar-refractivity contribution in [2.24, 2.45) is 5.73 Å². The summed E-state index contributed by atoms with van der Waals surface area (Å²) in [7, 11) is 0. The summed E-state index contributed by atoms with van der Waals surface area (Å²) < 4.78 is 11.1. The van der Waals surface area contributed by atoms with Crippen LogP contribution < -0.4 is 15.4 Å². The fourth-order valence-electron chi connectivity index (χ4n) is 2.42. The Morgan fingerprint density at radius 1 is 1.25 bits per heavy atom. The highest BCUT2D eigenvalue weighted by molar-refractivity contribution is 5.51. The smallest absolute Gasteiger partial charge is 0.121 e. The summed E-state index contributed by atoms with van der Waals surface area (Å²) in [5, 5.41) is 0. The van der Waals surface area contributed by atoms with Gasteiger partial charge < -0.3 is 20.1 Å². The minimum atomic E-state index is 0.365. The highest BCUT2D eigenvalue weighted by Gasteiger charge is 2.16. The van der Waals surface area contributed by atoms with Crippen LogP contribution in [-0.4, -0.2) is 39.0 Å². The summed E-state index contributed by atoms with van der Waals surface area (Å²) >= 11 is 0. The Morgan fingerprint density at radius 2 is 2.05 bits per heavy atom. The molecule has 1 aromatic carbocycles. The van der Waals surface area contributed by atoms with Gasteiger partial charge in [0.2, 0.25) is 0 Å². The van der Waals surface area contributed by atoms with Crippen LogP contribution in [0.2, 0.25) is 0 Å². The highest BCUT2D eigenvalue weighted by Crippen LogP contribution is 2.24. The molecule has 1 heterocycles. The van der Waals surface area contributed by atoms with E-state index in [1.165, 1.54) is 5.69 Å². The Kier molecular flexibility index (Phi) is 6.15. The molecule has 4 nitrogen and oxygen atoms in total. The van der Waals surface area contributed by atoms with Crippen molar-refractivity contribution in [2.45, 2.75) is 32.2 Å². The summed E-state index contributed by atoms with van der Waals surface area (Å²) in [6, 6.07) is 8.70. The number of rotatable bonds is 7. The number of hydrogen-bond acceptors (Lipinski definition) is 4. The molecule has 0 atom stereocenters. The van der Waals surface area contributed by atoms with Crippen molar-refractivity contribution in [1.29, 1.82) is 0 Å². The van der Waals surface area contributed by atoms with Crippen molar-refractivity contribution in [3.05, 3.63) is 24.3 Å². The average Bonchev–Trinajstić information content (AvgIpc) is 2.48. The summed E-state index contributed by atoms with van der Waals surface area (Å²) in [4.78, 5) is 2.39. The summed E-state index contributed by atoms with van der Waals surface area (Å²) in [5.74, 6) is 0.939. The molecule has 4 heteroatoms. The third kappa shape index (κ3) is 4.69. The molecule has 0 aliphatic carbocycles. The van der Waals surface area contributed by atoms with E-state index < -0.39 is 0 Å². The molecule has 112 valence electrons. The molecule has 20 heavy (non-hydrogen) atoms. The molecule has 0 saturated carbocycles. The van der Waals surface area contributed by atoms with E-state index in [2.05, 4.69) is 23.1 Å². The summed E-state index contributed by atoms with van der Waals surface area (Å²) in [6.45, 7) is 6.32. The lowest BCUT2D eigenvalue weighted by Gasteiger charge is -2.32. The van der Waals surface area contributed by atoms with Gasteiger partial charge in [-0.2, -0.15) is 0 Å². The SMILES string of the molecule is CCOCCCOc1cccc(N2CCC(N)CC2)c1. The van der Waals surface area contributed by atoms with E-state index in [0.29, 0.717) is 12.6 Å². The molecule has 1 saturated heterocycles. The molecule has 0 spiro atoms. The van der Waals surface area contributed by atoms with Gasteiger partial charge in [0.15, 0.2) is 0 Å². The molecule has 1 aliphatic rings. The highest BCUT2D eigenvalue weighted by atomic mass is 16.5. The number of hydrogen-bond donors (Lipinski definition) is 1. The van der Waals surface area contributed by atoms with E-state index in [4.69, 9.17) is 15.2 Å². The summed E-state index contributed by atoms with van der Waals surface area (Å²) in [6.07, 6.45) is 3.06. The van der Waals surface area contributed by atoms with E-state index in [9.17, 15) is 0 Å². The lowest BCUT2D eigenvalue weighted by Crippen LogP contribution is -2.39. The quantitative estimate of drug-likeness (QED) is 0.778. The fourth-order valence-corrected chi connectivity index (χ4v) is 2.42. The van der Waals surface area contributed by atoms with E-state index in [1.54, 1.807) is 0 Å². The van der Waals surface area contributed by atoms with Crippen molar-refractivity contribution in [3.63, 3.8) is 0 Å². The molecule has 0 amide bonds. The molecule has 0 bridgehead atoms. The van der Waals surface area contributed by atoms with Gasteiger partial charge in [-0.3, -0.25) is 0 Å². The van der Waals surface area contributed by atoms with Gasteiger partial charge in [0.25, 0.3) is 0 Å². The van der Waals surface area contributed by atoms with Gasteiger partial charge in [-0.1, -0.05) is 6.07 Å². The fraction of sp³-hybridized carbons (Fsp3) is 0.625. The topological polar surface area (TPSA) is 47.7 Å². The van der Waals surface area contributed by atoms with Crippen molar-refractivity contribution < 1.29 is 9.47 Å². The summed E-state index contributed by atoms with van der Waals surface area (Å²) in [5.41, 5.74) is 7.18. The molecule has 0 unspecified atom stereocenters.